The molecule has 0 saturated carbocycles. The molecule has 20 heavy (non-hydrogen) atoms. The smallest absolute Gasteiger partial charge is 0.331 e. The summed E-state index contributed by atoms with van der Waals surface area (Å²) in [6.45, 7) is 4.28. The third-order valence-corrected chi connectivity index (χ3v) is 3.49. The lowest BCUT2D eigenvalue weighted by Crippen LogP contribution is -2.48. The number of nitrogens with one attached hydrogen (secondary N) is 1. The number of carboxylic acid groups (broad SMARTS) is 1. The Hall–Kier alpha value is -1.82. The van der Waals surface area contributed by atoms with Crippen LogP contribution in [0.15, 0.2) is 35.3 Å². The molecule has 1 aromatic rings. The molecule has 0 saturated heterocycles. The van der Waals surface area contributed by atoms with E-state index in [1.807, 2.05) is 12.1 Å². The Morgan fingerprint density at radius 2 is 2.15 bits per heavy atom. The minimum atomic E-state index is -1.02. The Kier molecular flexibility index (Phi) is 4.44. The Labute approximate surface area is 125 Å². The topological polar surface area (TPSA) is 69.6 Å². The van der Waals surface area contributed by atoms with E-state index in [2.05, 4.69) is 27.8 Å². The fourth-order valence-electron chi connectivity index (χ4n) is 2.32. The lowest BCUT2D eigenvalue weighted by atomic mass is 9.93. The van der Waals surface area contributed by atoms with Crippen molar-refractivity contribution < 1.29 is 14.7 Å². The number of hydrogen-bond donors (Lipinski definition) is 2. The molecule has 5 nitrogen and oxygen atoms in total. The van der Waals surface area contributed by atoms with E-state index in [9.17, 15) is 14.7 Å². The maximum atomic E-state index is 12.1. The number of amides is 2. The number of hydrogen-bond acceptors (Lipinski definition) is 2. The van der Waals surface area contributed by atoms with Crippen molar-refractivity contribution in [2.45, 2.75) is 12.5 Å². The number of aliphatic carboxylic acids is 1. The average molecular weight is 339 g/mol. The van der Waals surface area contributed by atoms with Gasteiger partial charge in [-0.15, -0.1) is 0 Å². The first-order valence-electron chi connectivity index (χ1n) is 6.19. The van der Waals surface area contributed by atoms with Gasteiger partial charge in [0.15, 0.2) is 6.04 Å². The van der Waals surface area contributed by atoms with Crippen LogP contribution in [-0.2, 0) is 11.2 Å². The molecule has 1 unspecified atom stereocenters. The van der Waals surface area contributed by atoms with Gasteiger partial charge in [-0.3, -0.25) is 0 Å². The molecule has 0 fully saturated rings. The zero-order valence-electron chi connectivity index (χ0n) is 10.8. The fraction of sp³-hybridized carbons (Fsp3) is 0.286. The summed E-state index contributed by atoms with van der Waals surface area (Å²) >= 11 is 3.15. The van der Waals surface area contributed by atoms with E-state index < -0.39 is 18.0 Å². The van der Waals surface area contributed by atoms with E-state index in [-0.39, 0.29) is 6.54 Å². The summed E-state index contributed by atoms with van der Waals surface area (Å²) in [5, 5.41) is 12.1. The van der Waals surface area contributed by atoms with Gasteiger partial charge < -0.3 is 15.3 Å². The van der Waals surface area contributed by atoms with Crippen molar-refractivity contribution in [3.05, 3.63) is 46.5 Å². The SMILES string of the molecule is C=C(Br)CNC(=O)N1CCc2ccccc2C1C(=O)O. The predicted octanol–water partition coefficient (Wildman–Crippen LogP) is 2.29. The van der Waals surface area contributed by atoms with Gasteiger partial charge in [-0.05, 0) is 17.5 Å². The van der Waals surface area contributed by atoms with Crippen molar-refractivity contribution in [3.8, 4) is 0 Å². The van der Waals surface area contributed by atoms with Crippen LogP contribution in [0.1, 0.15) is 17.2 Å². The molecular weight excluding hydrogens is 324 g/mol. The molecule has 1 aliphatic rings. The number of carboxylic acids is 1. The van der Waals surface area contributed by atoms with Crippen LogP contribution < -0.4 is 5.32 Å². The zero-order chi connectivity index (χ0) is 14.7. The highest BCUT2D eigenvalue weighted by molar-refractivity contribution is 9.11. The van der Waals surface area contributed by atoms with Gasteiger partial charge >= 0.3 is 12.0 Å². The maximum absolute atomic E-state index is 12.1. The van der Waals surface area contributed by atoms with Crippen LogP contribution in [0, 0.1) is 0 Å². The van der Waals surface area contributed by atoms with Gasteiger partial charge in [0.25, 0.3) is 0 Å². The van der Waals surface area contributed by atoms with E-state index >= 15 is 0 Å². The molecule has 1 aromatic carbocycles. The standard InChI is InChI=1S/C14H15BrN2O3/c1-9(15)8-16-14(20)17-7-6-10-4-2-3-5-11(10)12(17)13(18)19/h2-5,12H,1,6-8H2,(H,16,20)(H,18,19). The molecule has 2 N–H and O–H groups in total. The molecule has 0 radical (unpaired) electrons. The van der Waals surface area contributed by atoms with Crippen molar-refractivity contribution in [1.82, 2.24) is 10.2 Å². The van der Waals surface area contributed by atoms with Gasteiger partial charge in [-0.25, -0.2) is 9.59 Å². The summed E-state index contributed by atoms with van der Waals surface area (Å²) in [5.74, 6) is -1.02. The van der Waals surface area contributed by atoms with E-state index in [4.69, 9.17) is 0 Å². The molecule has 2 amide bonds. The molecule has 106 valence electrons. The second-order valence-electron chi connectivity index (χ2n) is 4.56. The van der Waals surface area contributed by atoms with Gasteiger partial charge in [0.2, 0.25) is 0 Å². The number of rotatable bonds is 3. The number of carbonyl (C=O) groups is 2. The molecular formula is C14H15BrN2O3. The van der Waals surface area contributed by atoms with Crippen LogP contribution in [0.25, 0.3) is 0 Å². The normalized spacial score (nSPS) is 17.2. The first-order chi connectivity index (χ1) is 9.50. The molecule has 0 aromatic heterocycles. The Balaban J connectivity index is 2.24. The maximum Gasteiger partial charge on any atom is 0.331 e. The molecule has 1 atom stereocenters. The summed E-state index contributed by atoms with van der Waals surface area (Å²) < 4.78 is 0.634. The third-order valence-electron chi connectivity index (χ3n) is 3.21. The van der Waals surface area contributed by atoms with Crippen LogP contribution in [-0.4, -0.2) is 35.1 Å². The number of nitrogens with zero attached hydrogens (tertiary/aromatic N) is 1. The first-order valence-corrected chi connectivity index (χ1v) is 6.98. The van der Waals surface area contributed by atoms with E-state index in [1.165, 1.54) is 4.90 Å². The van der Waals surface area contributed by atoms with Crippen LogP contribution in [0.4, 0.5) is 4.79 Å². The Morgan fingerprint density at radius 3 is 2.80 bits per heavy atom. The highest BCUT2D eigenvalue weighted by atomic mass is 79.9. The summed E-state index contributed by atoms with van der Waals surface area (Å²) in [6, 6.07) is 5.99. The molecule has 1 heterocycles. The van der Waals surface area contributed by atoms with Gasteiger partial charge in [0.1, 0.15) is 0 Å². The predicted molar refractivity (Wildman–Crippen MR) is 78.7 cm³/mol. The Bertz CT molecular complexity index is 559. The summed E-state index contributed by atoms with van der Waals surface area (Å²) in [6.07, 6.45) is 0.655. The van der Waals surface area contributed by atoms with Crippen LogP contribution in [0.2, 0.25) is 0 Å². The highest BCUT2D eigenvalue weighted by Crippen LogP contribution is 2.29. The molecule has 2 rings (SSSR count). The number of urea groups is 1. The van der Waals surface area contributed by atoms with Crippen LogP contribution in [0.3, 0.4) is 0 Å². The molecule has 0 spiro atoms. The van der Waals surface area contributed by atoms with Crippen LogP contribution >= 0.6 is 15.9 Å². The van der Waals surface area contributed by atoms with Gasteiger partial charge in [-0.1, -0.05) is 46.8 Å². The highest BCUT2D eigenvalue weighted by Gasteiger charge is 2.35. The number of carbonyl (C=O) groups excluding carboxylic acids is 1. The molecule has 6 heteroatoms. The summed E-state index contributed by atoms with van der Waals surface area (Å²) in [5.41, 5.74) is 1.66. The van der Waals surface area contributed by atoms with Crippen LogP contribution in [0.5, 0.6) is 0 Å². The number of fused-ring (bicyclic) bond motifs is 1. The number of benzene rings is 1. The second kappa shape index (κ2) is 6.09. The Morgan fingerprint density at radius 1 is 1.45 bits per heavy atom. The van der Waals surface area contributed by atoms with Gasteiger partial charge in [0.05, 0.1) is 6.54 Å². The quantitative estimate of drug-likeness (QED) is 0.888. The molecule has 0 bridgehead atoms. The molecule has 1 aliphatic heterocycles. The van der Waals surface area contributed by atoms with Crippen molar-refractivity contribution in [2.75, 3.05) is 13.1 Å². The van der Waals surface area contributed by atoms with Gasteiger partial charge in [0, 0.05) is 11.0 Å². The minimum absolute atomic E-state index is 0.267. The third kappa shape index (κ3) is 3.01. The summed E-state index contributed by atoms with van der Waals surface area (Å²) in [4.78, 5) is 25.0. The largest absolute Gasteiger partial charge is 0.479 e. The summed E-state index contributed by atoms with van der Waals surface area (Å²) in [7, 11) is 0. The lowest BCUT2D eigenvalue weighted by molar-refractivity contribution is -0.142. The minimum Gasteiger partial charge on any atom is -0.479 e. The first kappa shape index (κ1) is 14.6. The zero-order valence-corrected chi connectivity index (χ0v) is 12.4. The van der Waals surface area contributed by atoms with E-state index in [1.54, 1.807) is 12.1 Å². The van der Waals surface area contributed by atoms with E-state index in [0.717, 1.165) is 5.56 Å². The van der Waals surface area contributed by atoms with Crippen molar-refractivity contribution in [3.63, 3.8) is 0 Å². The lowest BCUT2D eigenvalue weighted by Gasteiger charge is -2.34. The fourth-order valence-corrected chi connectivity index (χ4v) is 2.46. The second-order valence-corrected chi connectivity index (χ2v) is 5.68. The van der Waals surface area contributed by atoms with Crippen molar-refractivity contribution in [2.24, 2.45) is 0 Å². The number of halogens is 1. The van der Waals surface area contributed by atoms with Crippen molar-refractivity contribution >= 4 is 27.9 Å². The monoisotopic (exact) mass is 338 g/mol. The molecule has 0 aliphatic carbocycles. The van der Waals surface area contributed by atoms with Gasteiger partial charge in [-0.2, -0.15) is 0 Å². The van der Waals surface area contributed by atoms with Crippen molar-refractivity contribution in [1.29, 1.82) is 0 Å². The average Bonchev–Trinajstić information content (AvgIpc) is 2.43. The van der Waals surface area contributed by atoms with E-state index in [0.29, 0.717) is 23.0 Å².